The Balaban J connectivity index is 1.69. The highest BCUT2D eigenvalue weighted by atomic mass is 19.4. The predicted octanol–water partition coefficient (Wildman–Crippen LogP) is 3.51. The van der Waals surface area contributed by atoms with Crippen LogP contribution in [-0.2, 0) is 9.59 Å². The molecule has 0 bridgehead atoms. The number of carbonyl (C=O) groups excluding carboxylic acids is 2. The van der Waals surface area contributed by atoms with Gasteiger partial charge in [0.15, 0.2) is 5.82 Å². The van der Waals surface area contributed by atoms with E-state index in [9.17, 15) is 22.8 Å². The average Bonchev–Trinajstić information content (AvgIpc) is 3.34. The molecule has 2 heterocycles. The summed E-state index contributed by atoms with van der Waals surface area (Å²) >= 11 is 0. The predicted molar refractivity (Wildman–Crippen MR) is 105 cm³/mol. The van der Waals surface area contributed by atoms with Crippen LogP contribution in [0.15, 0.2) is 60.7 Å². The maximum absolute atomic E-state index is 12.6. The van der Waals surface area contributed by atoms with E-state index < -0.39 is 12.3 Å². The number of benzene rings is 2. The van der Waals surface area contributed by atoms with Crippen LogP contribution >= 0.6 is 0 Å². The molecule has 2 amide bonds. The SMILES string of the molecule is O=C1C[C@H](C(=O)Nc2cc(-c3cccc(OC(F)(F)F)c3)n(-c3ccccc3)n2)CN1. The van der Waals surface area contributed by atoms with E-state index in [0.717, 1.165) is 0 Å². The topological polar surface area (TPSA) is 85.2 Å². The van der Waals surface area contributed by atoms with Crippen molar-refractivity contribution in [3.63, 3.8) is 0 Å². The summed E-state index contributed by atoms with van der Waals surface area (Å²) in [6, 6.07) is 16.0. The van der Waals surface area contributed by atoms with E-state index in [4.69, 9.17) is 0 Å². The molecule has 1 saturated heterocycles. The number of amides is 2. The fourth-order valence-electron chi connectivity index (χ4n) is 3.29. The first-order valence-electron chi connectivity index (χ1n) is 9.38. The number of para-hydroxylation sites is 1. The molecular formula is C21H17F3N4O3. The maximum Gasteiger partial charge on any atom is 0.573 e. The lowest BCUT2D eigenvalue weighted by Crippen LogP contribution is -2.24. The minimum absolute atomic E-state index is 0.0922. The van der Waals surface area contributed by atoms with Gasteiger partial charge in [-0.15, -0.1) is 18.3 Å². The first kappa shape index (κ1) is 20.5. The second kappa shape index (κ2) is 8.13. The number of rotatable bonds is 5. The van der Waals surface area contributed by atoms with Gasteiger partial charge in [0.2, 0.25) is 11.8 Å². The van der Waals surface area contributed by atoms with Gasteiger partial charge in [0.05, 0.1) is 17.3 Å². The Morgan fingerprint density at radius 1 is 1.13 bits per heavy atom. The normalized spacial score (nSPS) is 16.1. The monoisotopic (exact) mass is 430 g/mol. The number of aromatic nitrogens is 2. The molecule has 10 heteroatoms. The summed E-state index contributed by atoms with van der Waals surface area (Å²) in [4.78, 5) is 23.8. The van der Waals surface area contributed by atoms with Gasteiger partial charge in [0.25, 0.3) is 0 Å². The average molecular weight is 430 g/mol. The number of hydrogen-bond acceptors (Lipinski definition) is 4. The summed E-state index contributed by atoms with van der Waals surface area (Å²) < 4.78 is 43.4. The van der Waals surface area contributed by atoms with E-state index in [1.54, 1.807) is 36.4 Å². The summed E-state index contributed by atoms with van der Waals surface area (Å²) in [5.74, 6) is -1.23. The van der Waals surface area contributed by atoms with E-state index in [1.165, 1.54) is 22.9 Å². The highest BCUT2D eigenvalue weighted by Crippen LogP contribution is 2.31. The largest absolute Gasteiger partial charge is 0.573 e. The van der Waals surface area contributed by atoms with Crippen molar-refractivity contribution in [2.75, 3.05) is 11.9 Å². The third-order valence-corrected chi connectivity index (χ3v) is 4.67. The molecule has 1 atom stereocenters. The van der Waals surface area contributed by atoms with E-state index in [0.29, 0.717) is 16.9 Å². The van der Waals surface area contributed by atoms with Gasteiger partial charge in [-0.25, -0.2) is 4.68 Å². The zero-order valence-electron chi connectivity index (χ0n) is 16.0. The van der Waals surface area contributed by atoms with Crippen molar-refractivity contribution < 1.29 is 27.5 Å². The Kier molecular flexibility index (Phi) is 5.37. The maximum atomic E-state index is 12.6. The van der Waals surface area contributed by atoms with Crippen molar-refractivity contribution in [3.05, 3.63) is 60.7 Å². The molecular weight excluding hydrogens is 413 g/mol. The molecule has 0 saturated carbocycles. The first-order chi connectivity index (χ1) is 14.8. The van der Waals surface area contributed by atoms with E-state index in [-0.39, 0.29) is 36.3 Å². The number of hydrogen-bond donors (Lipinski definition) is 2. The quantitative estimate of drug-likeness (QED) is 0.649. The number of carbonyl (C=O) groups is 2. The Hall–Kier alpha value is -3.82. The Morgan fingerprint density at radius 3 is 2.58 bits per heavy atom. The highest BCUT2D eigenvalue weighted by molar-refractivity contribution is 5.97. The van der Waals surface area contributed by atoms with Gasteiger partial charge in [-0.3, -0.25) is 9.59 Å². The van der Waals surface area contributed by atoms with Crippen LogP contribution < -0.4 is 15.4 Å². The van der Waals surface area contributed by atoms with Gasteiger partial charge in [-0.2, -0.15) is 0 Å². The Labute approximate surface area is 174 Å². The van der Waals surface area contributed by atoms with Crippen molar-refractivity contribution in [1.82, 2.24) is 15.1 Å². The molecule has 2 aromatic carbocycles. The van der Waals surface area contributed by atoms with Crippen LogP contribution in [0.25, 0.3) is 16.9 Å². The number of halogens is 3. The Morgan fingerprint density at radius 2 is 1.90 bits per heavy atom. The second-order valence-corrected chi connectivity index (χ2v) is 6.93. The molecule has 1 aliphatic heterocycles. The second-order valence-electron chi connectivity index (χ2n) is 6.93. The van der Waals surface area contributed by atoms with Crippen LogP contribution in [0, 0.1) is 5.92 Å². The molecule has 160 valence electrons. The first-order valence-corrected chi connectivity index (χ1v) is 9.38. The van der Waals surface area contributed by atoms with Crippen LogP contribution in [0.2, 0.25) is 0 Å². The highest BCUT2D eigenvalue weighted by Gasteiger charge is 2.31. The molecule has 0 aliphatic carbocycles. The molecule has 0 unspecified atom stereocenters. The van der Waals surface area contributed by atoms with Crippen LogP contribution in [0.5, 0.6) is 5.75 Å². The van der Waals surface area contributed by atoms with Crippen molar-refractivity contribution in [1.29, 1.82) is 0 Å². The minimum Gasteiger partial charge on any atom is -0.406 e. The molecule has 4 rings (SSSR count). The molecule has 3 aromatic rings. The van der Waals surface area contributed by atoms with E-state index in [2.05, 4.69) is 20.5 Å². The van der Waals surface area contributed by atoms with Gasteiger partial charge in [0, 0.05) is 24.6 Å². The molecule has 1 aromatic heterocycles. The van der Waals surface area contributed by atoms with Crippen LogP contribution in [0.4, 0.5) is 19.0 Å². The summed E-state index contributed by atoms with van der Waals surface area (Å²) in [6.45, 7) is 0.244. The van der Waals surface area contributed by atoms with Gasteiger partial charge >= 0.3 is 6.36 Å². The molecule has 31 heavy (non-hydrogen) atoms. The van der Waals surface area contributed by atoms with Crippen LogP contribution in [0.3, 0.4) is 0 Å². The minimum atomic E-state index is -4.82. The van der Waals surface area contributed by atoms with E-state index in [1.807, 2.05) is 6.07 Å². The lowest BCUT2D eigenvalue weighted by molar-refractivity contribution is -0.274. The molecule has 1 fully saturated rings. The molecule has 0 spiro atoms. The lowest BCUT2D eigenvalue weighted by Gasteiger charge is -2.11. The van der Waals surface area contributed by atoms with Crippen molar-refractivity contribution in [2.45, 2.75) is 12.8 Å². The van der Waals surface area contributed by atoms with E-state index >= 15 is 0 Å². The number of ether oxygens (including phenoxy) is 1. The zero-order valence-corrected chi connectivity index (χ0v) is 16.0. The molecule has 7 nitrogen and oxygen atoms in total. The van der Waals surface area contributed by atoms with Crippen LogP contribution in [0.1, 0.15) is 6.42 Å². The number of alkyl halides is 3. The van der Waals surface area contributed by atoms with Gasteiger partial charge < -0.3 is 15.4 Å². The van der Waals surface area contributed by atoms with Crippen LogP contribution in [-0.4, -0.2) is 34.5 Å². The molecule has 2 N–H and O–H groups in total. The summed E-state index contributed by atoms with van der Waals surface area (Å²) in [5.41, 5.74) is 1.52. The molecule has 1 aliphatic rings. The van der Waals surface area contributed by atoms with Crippen molar-refractivity contribution in [2.24, 2.45) is 5.92 Å². The van der Waals surface area contributed by atoms with Gasteiger partial charge in [-0.1, -0.05) is 30.3 Å². The van der Waals surface area contributed by atoms with Gasteiger partial charge in [-0.05, 0) is 24.3 Å². The number of nitrogens with one attached hydrogen (secondary N) is 2. The smallest absolute Gasteiger partial charge is 0.406 e. The summed E-state index contributed by atoms with van der Waals surface area (Å²) in [5, 5.41) is 9.69. The molecule has 0 radical (unpaired) electrons. The number of nitrogens with zero attached hydrogens (tertiary/aromatic N) is 2. The third-order valence-electron chi connectivity index (χ3n) is 4.67. The van der Waals surface area contributed by atoms with Gasteiger partial charge in [0.1, 0.15) is 5.75 Å². The summed E-state index contributed by atoms with van der Waals surface area (Å²) in [7, 11) is 0. The number of anilines is 1. The lowest BCUT2D eigenvalue weighted by atomic mass is 10.1. The fourth-order valence-corrected chi connectivity index (χ4v) is 3.29. The zero-order chi connectivity index (χ0) is 22.0. The fraction of sp³-hybridized carbons (Fsp3) is 0.190. The third kappa shape index (κ3) is 4.85. The van der Waals surface area contributed by atoms with Crippen molar-refractivity contribution >= 4 is 17.6 Å². The Bertz CT molecular complexity index is 1110. The standard InChI is InChI=1S/C21H17F3N4O3/c22-21(23,24)31-16-8-4-5-13(9-16)17-11-18(26-20(30)14-10-19(29)25-12-14)27-28(17)15-6-2-1-3-7-15/h1-9,11,14H,10,12H2,(H,25,29)(H,26,27,30)/t14-/m0/s1. The summed E-state index contributed by atoms with van der Waals surface area (Å²) in [6.07, 6.45) is -4.72. The van der Waals surface area contributed by atoms with Crippen molar-refractivity contribution in [3.8, 4) is 22.7 Å².